The molecule has 9 nitrogen and oxygen atoms in total. The van der Waals surface area contributed by atoms with E-state index in [2.05, 4.69) is 24.5 Å². The molecule has 1 amide bonds. The molecule has 1 aromatic heterocycles. The third-order valence-electron chi connectivity index (χ3n) is 7.30. The number of rotatable bonds is 6. The normalized spacial score (nSPS) is 16.6. The molecule has 0 radical (unpaired) electrons. The first-order valence-corrected chi connectivity index (χ1v) is 15.1. The number of piperazine rings is 1. The molecule has 0 bridgehead atoms. The molecule has 0 saturated carbocycles. The number of carbonyl (C=O) groups is 1. The van der Waals surface area contributed by atoms with Crippen molar-refractivity contribution in [2.24, 2.45) is 0 Å². The summed E-state index contributed by atoms with van der Waals surface area (Å²) < 4.78 is 28.2. The lowest BCUT2D eigenvalue weighted by molar-refractivity contribution is -0.132. The summed E-state index contributed by atoms with van der Waals surface area (Å²) in [4.78, 5) is 27.6. The Morgan fingerprint density at radius 1 is 1.03 bits per heavy atom. The summed E-state index contributed by atoms with van der Waals surface area (Å²) in [5, 5.41) is 0.685. The fourth-order valence-corrected chi connectivity index (χ4v) is 6.53. The van der Waals surface area contributed by atoms with Crippen LogP contribution in [0, 0.1) is 6.92 Å². The summed E-state index contributed by atoms with van der Waals surface area (Å²) in [6.45, 7) is 7.03. The van der Waals surface area contributed by atoms with Crippen LogP contribution in [0.5, 0.6) is 0 Å². The van der Waals surface area contributed by atoms with Gasteiger partial charge in [-0.1, -0.05) is 11.6 Å². The first kappa shape index (κ1) is 27.5. The summed E-state index contributed by atoms with van der Waals surface area (Å²) in [6.07, 6.45) is 3.42. The Hall–Kier alpha value is -3.08. The van der Waals surface area contributed by atoms with Gasteiger partial charge in [0.1, 0.15) is 11.9 Å². The lowest BCUT2D eigenvalue weighted by Crippen LogP contribution is -2.55. The van der Waals surface area contributed by atoms with Crippen molar-refractivity contribution >= 4 is 56.3 Å². The van der Waals surface area contributed by atoms with Gasteiger partial charge in [0.2, 0.25) is 11.2 Å². The maximum atomic E-state index is 13.4. The fraction of sp³-hybridized carbons (Fsp3) is 0.370. The van der Waals surface area contributed by atoms with Gasteiger partial charge in [0, 0.05) is 60.9 Å². The average Bonchev–Trinajstić information content (AvgIpc) is 2.94. The number of hydrogen-bond donors (Lipinski definition) is 1. The van der Waals surface area contributed by atoms with Gasteiger partial charge in [0.25, 0.3) is 10.0 Å². The van der Waals surface area contributed by atoms with E-state index in [0.717, 1.165) is 35.8 Å². The molecule has 5 rings (SSSR count). The number of aromatic nitrogens is 2. The van der Waals surface area contributed by atoms with Crippen LogP contribution < -0.4 is 14.5 Å². The Morgan fingerprint density at radius 2 is 1.74 bits per heavy atom. The van der Waals surface area contributed by atoms with Crippen molar-refractivity contribution in [3.8, 4) is 0 Å². The molecule has 12 heteroatoms. The van der Waals surface area contributed by atoms with Crippen LogP contribution >= 0.6 is 23.2 Å². The van der Waals surface area contributed by atoms with Gasteiger partial charge in [-0.25, -0.2) is 13.4 Å². The molecule has 1 atom stereocenters. The van der Waals surface area contributed by atoms with Crippen LogP contribution in [-0.4, -0.2) is 68.0 Å². The Balaban J connectivity index is 1.20. The molecule has 39 heavy (non-hydrogen) atoms. The van der Waals surface area contributed by atoms with Crippen LogP contribution in [0.15, 0.2) is 53.6 Å². The van der Waals surface area contributed by atoms with Crippen LogP contribution in [0.3, 0.4) is 0 Å². The predicted molar refractivity (Wildman–Crippen MR) is 154 cm³/mol. The Morgan fingerprint density at radius 3 is 2.46 bits per heavy atom. The van der Waals surface area contributed by atoms with Crippen molar-refractivity contribution in [2.45, 2.75) is 37.6 Å². The molecule has 1 fully saturated rings. The lowest BCUT2D eigenvalue weighted by atomic mass is 10.00. The molecule has 3 heterocycles. The number of amides is 1. The van der Waals surface area contributed by atoms with Crippen LogP contribution in [0.25, 0.3) is 0 Å². The molecule has 1 N–H and O–H groups in total. The maximum Gasteiger partial charge on any atom is 0.263 e. The van der Waals surface area contributed by atoms with Crippen molar-refractivity contribution < 1.29 is 13.2 Å². The molecule has 2 aromatic carbocycles. The zero-order valence-electron chi connectivity index (χ0n) is 21.8. The predicted octanol–water partition coefficient (Wildman–Crippen LogP) is 4.38. The number of carbonyl (C=O) groups excluding carboxylic acids is 1. The average molecular weight is 590 g/mol. The number of sulfonamides is 1. The molecule has 0 spiro atoms. The topological polar surface area (TPSA) is 98.7 Å². The highest BCUT2D eigenvalue weighted by Crippen LogP contribution is 2.31. The third-order valence-corrected chi connectivity index (χ3v) is 9.07. The van der Waals surface area contributed by atoms with E-state index in [1.807, 2.05) is 30.0 Å². The fourth-order valence-electron chi connectivity index (χ4n) is 5.13. The van der Waals surface area contributed by atoms with E-state index in [9.17, 15) is 13.2 Å². The van der Waals surface area contributed by atoms with Gasteiger partial charge in [-0.3, -0.25) is 9.52 Å². The van der Waals surface area contributed by atoms with Crippen LogP contribution in [0.1, 0.15) is 24.5 Å². The second-order valence-corrected chi connectivity index (χ2v) is 12.3. The van der Waals surface area contributed by atoms with Gasteiger partial charge in [-0.05, 0) is 86.3 Å². The van der Waals surface area contributed by atoms with Crippen molar-refractivity contribution in [1.82, 2.24) is 14.9 Å². The van der Waals surface area contributed by atoms with Gasteiger partial charge in [-0.2, -0.15) is 4.98 Å². The highest BCUT2D eigenvalue weighted by Gasteiger charge is 2.31. The maximum absolute atomic E-state index is 13.4. The van der Waals surface area contributed by atoms with E-state index in [0.29, 0.717) is 31.7 Å². The SMILES string of the molecule is Cc1cnc(Cl)nc1NS(=O)(=O)c1ccc(N2CCN(C(=O)[C@H](C)N3CCCc4cc(Cl)ccc43)CC2)cc1. The number of fused-ring (bicyclic) bond motifs is 1. The molecule has 206 valence electrons. The van der Waals surface area contributed by atoms with Gasteiger partial charge >= 0.3 is 0 Å². The van der Waals surface area contributed by atoms with Crippen molar-refractivity contribution in [2.75, 3.05) is 47.2 Å². The summed E-state index contributed by atoms with van der Waals surface area (Å²) in [7, 11) is -3.85. The van der Waals surface area contributed by atoms with Gasteiger partial charge in [0.05, 0.1) is 4.90 Å². The summed E-state index contributed by atoms with van der Waals surface area (Å²) in [5.74, 6) is 0.260. The minimum absolute atomic E-state index is 0.0358. The number of aryl methyl sites for hydroxylation is 2. The monoisotopic (exact) mass is 588 g/mol. The molecular formula is C27H30Cl2N6O3S. The standard InChI is InChI=1S/C27H30Cl2N6O3S/c1-18-17-30-27(29)31-25(18)32-39(37,38)23-8-6-22(7-9-23)33-12-14-34(15-13-33)26(36)19(2)35-11-3-4-20-16-21(28)5-10-24(20)35/h5-10,16-17,19H,3-4,11-15H2,1-2H3,(H,30,31,32)/t19-/m0/s1. The quantitative estimate of drug-likeness (QED) is 0.426. The molecule has 1 saturated heterocycles. The second-order valence-electron chi connectivity index (χ2n) is 9.83. The van der Waals surface area contributed by atoms with Crippen molar-refractivity contribution in [3.63, 3.8) is 0 Å². The number of halogens is 2. The zero-order chi connectivity index (χ0) is 27.7. The van der Waals surface area contributed by atoms with Crippen LogP contribution in [0.2, 0.25) is 10.3 Å². The van der Waals surface area contributed by atoms with E-state index in [-0.39, 0.29) is 27.9 Å². The van der Waals surface area contributed by atoms with E-state index >= 15 is 0 Å². The highest BCUT2D eigenvalue weighted by molar-refractivity contribution is 7.92. The summed E-state index contributed by atoms with van der Waals surface area (Å²) in [6, 6.07) is 12.3. The highest BCUT2D eigenvalue weighted by atomic mass is 35.5. The molecule has 2 aliphatic rings. The molecule has 0 aliphatic carbocycles. The third kappa shape index (κ3) is 5.92. The minimum atomic E-state index is -3.85. The number of hydrogen-bond acceptors (Lipinski definition) is 7. The Kier molecular flexibility index (Phi) is 7.89. The van der Waals surface area contributed by atoms with E-state index in [4.69, 9.17) is 23.2 Å². The van der Waals surface area contributed by atoms with Crippen LogP contribution in [-0.2, 0) is 21.2 Å². The van der Waals surface area contributed by atoms with Crippen LogP contribution in [0.4, 0.5) is 17.2 Å². The number of benzene rings is 2. The van der Waals surface area contributed by atoms with Gasteiger partial charge in [-0.15, -0.1) is 0 Å². The Bertz CT molecular complexity index is 1480. The lowest BCUT2D eigenvalue weighted by Gasteiger charge is -2.41. The summed E-state index contributed by atoms with van der Waals surface area (Å²) in [5.41, 5.74) is 3.75. The zero-order valence-corrected chi connectivity index (χ0v) is 24.1. The smallest absolute Gasteiger partial charge is 0.263 e. The van der Waals surface area contributed by atoms with E-state index in [1.54, 1.807) is 31.2 Å². The largest absolute Gasteiger partial charge is 0.368 e. The minimum Gasteiger partial charge on any atom is -0.368 e. The second kappa shape index (κ2) is 11.2. The Labute approximate surface area is 238 Å². The van der Waals surface area contributed by atoms with Gasteiger partial charge < -0.3 is 14.7 Å². The van der Waals surface area contributed by atoms with Gasteiger partial charge in [0.15, 0.2) is 0 Å². The van der Waals surface area contributed by atoms with E-state index in [1.165, 1.54) is 11.8 Å². The van der Waals surface area contributed by atoms with Crippen molar-refractivity contribution in [1.29, 1.82) is 0 Å². The summed E-state index contributed by atoms with van der Waals surface area (Å²) >= 11 is 12.0. The first-order valence-electron chi connectivity index (χ1n) is 12.8. The van der Waals surface area contributed by atoms with Crippen molar-refractivity contribution in [3.05, 3.63) is 70.1 Å². The van der Waals surface area contributed by atoms with E-state index < -0.39 is 10.0 Å². The molecular weight excluding hydrogens is 559 g/mol. The molecule has 2 aliphatic heterocycles. The number of anilines is 3. The number of nitrogens with one attached hydrogen (secondary N) is 1. The molecule has 0 unspecified atom stereocenters. The first-order chi connectivity index (χ1) is 18.6. The number of nitrogens with zero attached hydrogens (tertiary/aromatic N) is 5. The molecule has 3 aromatic rings.